The van der Waals surface area contributed by atoms with Crippen molar-refractivity contribution in [3.63, 3.8) is 0 Å². The maximum atomic E-state index is 13.2. The summed E-state index contributed by atoms with van der Waals surface area (Å²) < 4.78 is 1.83. The van der Waals surface area contributed by atoms with E-state index < -0.39 is 5.60 Å². The molecular formula is C35H36ClN7O2. The lowest BCUT2D eigenvalue weighted by atomic mass is 9.84. The Hall–Kier alpha value is -4.31. The molecule has 2 saturated heterocycles. The second-order valence-electron chi connectivity index (χ2n) is 12.0. The first kappa shape index (κ1) is 29.4. The van der Waals surface area contributed by atoms with Crippen molar-refractivity contribution in [2.75, 3.05) is 44.2 Å². The largest absolute Gasteiger partial charge is 0.385 e. The van der Waals surface area contributed by atoms with Crippen molar-refractivity contribution >= 4 is 28.8 Å². The lowest BCUT2D eigenvalue weighted by Crippen LogP contribution is -2.48. The van der Waals surface area contributed by atoms with Crippen LogP contribution in [0.2, 0.25) is 5.02 Å². The molecule has 10 heteroatoms. The zero-order valence-corrected chi connectivity index (χ0v) is 25.9. The zero-order valence-electron chi connectivity index (χ0n) is 25.1. The van der Waals surface area contributed by atoms with Crippen LogP contribution in [0.5, 0.6) is 0 Å². The lowest BCUT2D eigenvalue weighted by molar-refractivity contribution is 0.0118. The van der Waals surface area contributed by atoms with Crippen molar-refractivity contribution in [3.8, 4) is 0 Å². The third-order valence-corrected chi connectivity index (χ3v) is 9.28. The number of pyridine rings is 2. The number of fused-ring (bicyclic) bond motifs is 1. The van der Waals surface area contributed by atoms with Crippen molar-refractivity contribution < 1.29 is 9.90 Å². The fraction of sp³-hybridized carbons (Fsp3) is 0.314. The molecule has 0 spiro atoms. The first-order valence-corrected chi connectivity index (χ1v) is 15.9. The number of hydrogen-bond donors (Lipinski definition) is 1. The van der Waals surface area contributed by atoms with Gasteiger partial charge in [-0.15, -0.1) is 0 Å². The van der Waals surface area contributed by atoms with Gasteiger partial charge in [-0.1, -0.05) is 41.9 Å². The minimum Gasteiger partial charge on any atom is -0.385 e. The molecule has 0 unspecified atom stereocenters. The number of amides is 1. The molecule has 0 aliphatic carbocycles. The predicted octanol–water partition coefficient (Wildman–Crippen LogP) is 4.81. The number of aliphatic hydroxyl groups is 1. The first-order chi connectivity index (χ1) is 21.9. The highest BCUT2D eigenvalue weighted by Crippen LogP contribution is 2.36. The van der Waals surface area contributed by atoms with Crippen LogP contribution >= 0.6 is 11.6 Å². The molecule has 1 amide bonds. The number of hydrogen-bond acceptors (Lipinski definition) is 7. The highest BCUT2D eigenvalue weighted by molar-refractivity contribution is 6.30. The number of anilines is 1. The summed E-state index contributed by atoms with van der Waals surface area (Å²) >= 11 is 6.06. The number of benzene rings is 2. The van der Waals surface area contributed by atoms with Crippen molar-refractivity contribution in [3.05, 3.63) is 124 Å². The maximum absolute atomic E-state index is 13.2. The topological polar surface area (TPSA) is 90.1 Å². The van der Waals surface area contributed by atoms with Crippen LogP contribution in [0.25, 0.3) is 5.65 Å². The molecule has 0 bridgehead atoms. The number of rotatable bonds is 7. The number of piperazine rings is 1. The van der Waals surface area contributed by atoms with Gasteiger partial charge in [0.05, 0.1) is 17.0 Å². The Bertz CT molecular complexity index is 1760. The maximum Gasteiger partial charge on any atom is 0.253 e. The normalized spacial score (nSPS) is 17.1. The molecule has 2 fully saturated rings. The molecule has 0 saturated carbocycles. The van der Waals surface area contributed by atoms with Gasteiger partial charge in [0.15, 0.2) is 11.5 Å². The molecule has 1 N–H and O–H groups in total. The standard InChI is InChI=1S/C35H36ClN7O2/c36-29-12-10-28(11-13-29)35(45)14-18-41(19-15-35)31-5-3-17-43-33(31)38-32(39-43)24-26-6-8-27(9-7-26)34(44)42-22-20-40(21-23-42)25-30-4-1-2-16-37-30/h1-13,16-17,45H,14-15,18-25H2. The van der Waals surface area contributed by atoms with Crippen LogP contribution in [-0.2, 0) is 18.6 Å². The van der Waals surface area contributed by atoms with Crippen LogP contribution < -0.4 is 4.90 Å². The van der Waals surface area contributed by atoms with Gasteiger partial charge in [0.2, 0.25) is 0 Å². The Kier molecular flexibility index (Phi) is 8.23. The van der Waals surface area contributed by atoms with Crippen LogP contribution in [0.4, 0.5) is 5.69 Å². The smallest absolute Gasteiger partial charge is 0.253 e. The highest BCUT2D eigenvalue weighted by atomic mass is 35.5. The summed E-state index contributed by atoms with van der Waals surface area (Å²) in [7, 11) is 0. The summed E-state index contributed by atoms with van der Waals surface area (Å²) in [6.07, 6.45) is 5.53. The van der Waals surface area contributed by atoms with E-state index in [0.29, 0.717) is 56.0 Å². The van der Waals surface area contributed by atoms with Gasteiger partial charge in [-0.05, 0) is 72.5 Å². The van der Waals surface area contributed by atoms with E-state index in [1.807, 2.05) is 94.6 Å². The SMILES string of the molecule is O=C(c1ccc(Cc2nc3c(N4CCC(O)(c5ccc(Cl)cc5)CC4)cccn3n2)cc1)N1CCN(Cc2ccccn2)CC1. The number of piperidine rings is 1. The minimum absolute atomic E-state index is 0.0685. The monoisotopic (exact) mass is 621 g/mol. The fourth-order valence-corrected chi connectivity index (χ4v) is 6.51. The van der Waals surface area contributed by atoms with Gasteiger partial charge in [0.25, 0.3) is 5.91 Å². The number of carbonyl (C=O) groups is 1. The van der Waals surface area contributed by atoms with E-state index in [9.17, 15) is 9.90 Å². The summed E-state index contributed by atoms with van der Waals surface area (Å²) in [4.78, 5) is 29.1. The molecule has 230 valence electrons. The third kappa shape index (κ3) is 6.42. The minimum atomic E-state index is -0.868. The Morgan fingerprint density at radius 2 is 1.62 bits per heavy atom. The second-order valence-corrected chi connectivity index (χ2v) is 12.4. The van der Waals surface area contributed by atoms with Crippen LogP contribution in [0.15, 0.2) is 91.3 Å². The van der Waals surface area contributed by atoms with Crippen molar-refractivity contribution in [2.45, 2.75) is 31.4 Å². The quantitative estimate of drug-likeness (QED) is 0.279. The molecule has 45 heavy (non-hydrogen) atoms. The van der Waals surface area contributed by atoms with Crippen LogP contribution in [-0.4, -0.2) is 79.7 Å². The predicted molar refractivity (Wildman–Crippen MR) is 174 cm³/mol. The summed E-state index contributed by atoms with van der Waals surface area (Å²) in [5, 5.41) is 16.8. The second kappa shape index (κ2) is 12.6. The van der Waals surface area contributed by atoms with Gasteiger partial charge in [0.1, 0.15) is 0 Å². The zero-order chi connectivity index (χ0) is 30.8. The van der Waals surface area contributed by atoms with Gasteiger partial charge in [0, 0.05) is 75.2 Å². The Morgan fingerprint density at radius 3 is 2.33 bits per heavy atom. The molecule has 2 aliphatic heterocycles. The molecule has 0 radical (unpaired) electrons. The van der Waals surface area contributed by atoms with E-state index in [2.05, 4.69) is 20.9 Å². The highest BCUT2D eigenvalue weighted by Gasteiger charge is 2.34. The molecule has 2 aliphatic rings. The van der Waals surface area contributed by atoms with Crippen LogP contribution in [0, 0.1) is 0 Å². The summed E-state index contributed by atoms with van der Waals surface area (Å²) in [5.41, 5.74) is 4.66. The van der Waals surface area contributed by atoms with E-state index in [-0.39, 0.29) is 5.91 Å². The Labute approximate surface area is 267 Å². The van der Waals surface area contributed by atoms with Crippen LogP contribution in [0.1, 0.15) is 45.8 Å². The molecule has 0 atom stereocenters. The number of carbonyl (C=O) groups excluding carboxylic acids is 1. The van der Waals surface area contributed by atoms with E-state index in [4.69, 9.17) is 21.7 Å². The Morgan fingerprint density at radius 1 is 0.867 bits per heavy atom. The van der Waals surface area contributed by atoms with Crippen molar-refractivity contribution in [2.24, 2.45) is 0 Å². The molecule has 2 aromatic carbocycles. The molecule has 7 rings (SSSR count). The number of nitrogens with zero attached hydrogens (tertiary/aromatic N) is 7. The van der Waals surface area contributed by atoms with Crippen molar-refractivity contribution in [1.29, 1.82) is 0 Å². The summed E-state index contributed by atoms with van der Waals surface area (Å²) in [5.74, 6) is 0.791. The van der Waals surface area contributed by atoms with E-state index >= 15 is 0 Å². The van der Waals surface area contributed by atoms with Gasteiger partial charge < -0.3 is 14.9 Å². The number of aromatic nitrogens is 4. The van der Waals surface area contributed by atoms with Gasteiger partial charge >= 0.3 is 0 Å². The van der Waals surface area contributed by atoms with Crippen LogP contribution in [0.3, 0.4) is 0 Å². The van der Waals surface area contributed by atoms with E-state index in [1.165, 1.54) is 0 Å². The molecular weight excluding hydrogens is 586 g/mol. The lowest BCUT2D eigenvalue weighted by Gasteiger charge is -2.39. The summed E-state index contributed by atoms with van der Waals surface area (Å²) in [6.45, 7) is 5.30. The van der Waals surface area contributed by atoms with E-state index in [0.717, 1.165) is 53.6 Å². The fourth-order valence-electron chi connectivity index (χ4n) is 6.38. The van der Waals surface area contributed by atoms with Crippen molar-refractivity contribution in [1.82, 2.24) is 29.4 Å². The third-order valence-electron chi connectivity index (χ3n) is 9.03. The van der Waals surface area contributed by atoms with Gasteiger partial charge in [-0.3, -0.25) is 14.7 Å². The first-order valence-electron chi connectivity index (χ1n) is 15.5. The average Bonchev–Trinajstić information content (AvgIpc) is 3.49. The molecule has 5 aromatic rings. The van der Waals surface area contributed by atoms with Gasteiger partial charge in [-0.2, -0.15) is 5.10 Å². The Balaban J connectivity index is 0.969. The summed E-state index contributed by atoms with van der Waals surface area (Å²) in [6, 6.07) is 25.3. The molecule has 3 aromatic heterocycles. The molecule has 5 heterocycles. The van der Waals surface area contributed by atoms with Gasteiger partial charge in [-0.25, -0.2) is 9.50 Å². The van der Waals surface area contributed by atoms with E-state index in [1.54, 1.807) is 0 Å². The average molecular weight is 622 g/mol. The molecule has 9 nitrogen and oxygen atoms in total. The number of halogens is 1.